The van der Waals surface area contributed by atoms with Gasteiger partial charge >= 0.3 is 0 Å². The van der Waals surface area contributed by atoms with Crippen molar-refractivity contribution < 1.29 is 20.1 Å². The van der Waals surface area contributed by atoms with Crippen LogP contribution in [0.4, 0.5) is 11.6 Å². The minimum absolute atomic E-state index is 0.0600. The predicted octanol–water partition coefficient (Wildman–Crippen LogP) is -0.217. The van der Waals surface area contributed by atoms with Gasteiger partial charge in [0.1, 0.15) is 18.3 Å². The largest absolute Gasteiger partial charge is 0.394 e. The topological polar surface area (TPSA) is 146 Å². The highest BCUT2D eigenvalue weighted by molar-refractivity contribution is 5.75. The van der Waals surface area contributed by atoms with Crippen LogP contribution in [-0.4, -0.2) is 59.8 Å². The molecule has 4 rings (SSSR count). The molecule has 0 saturated carbocycles. The summed E-state index contributed by atoms with van der Waals surface area (Å²) in [5.41, 5.74) is 1.58. The second-order valence-corrected chi connectivity index (χ2v) is 6.43. The number of aliphatic hydroxyl groups excluding tert-OH is 3. The van der Waals surface area contributed by atoms with E-state index in [1.165, 1.54) is 10.9 Å². The van der Waals surface area contributed by atoms with Crippen molar-refractivity contribution in [1.29, 1.82) is 0 Å². The molecular weight excluding hydrogens is 354 g/mol. The molecule has 10 heteroatoms. The lowest BCUT2D eigenvalue weighted by Crippen LogP contribution is -2.33. The quantitative estimate of drug-likeness (QED) is 0.422. The third-order valence-corrected chi connectivity index (χ3v) is 4.56. The third-order valence-electron chi connectivity index (χ3n) is 4.56. The second-order valence-electron chi connectivity index (χ2n) is 6.43. The number of hydrogen-bond donors (Lipinski definition) is 5. The molecule has 0 amide bonds. The van der Waals surface area contributed by atoms with Crippen LogP contribution in [0, 0.1) is 6.92 Å². The van der Waals surface area contributed by atoms with Crippen LogP contribution in [0.15, 0.2) is 35.4 Å². The Morgan fingerprint density at radius 1 is 1.26 bits per heavy atom. The fourth-order valence-electron chi connectivity index (χ4n) is 3.11. The van der Waals surface area contributed by atoms with Gasteiger partial charge in [-0.25, -0.2) is 9.97 Å². The molecule has 0 unspecified atom stereocenters. The van der Waals surface area contributed by atoms with Crippen molar-refractivity contribution in [2.75, 3.05) is 11.9 Å². The normalized spacial score (nSPS) is 25.2. The molecular formula is C17H19N5O5. The van der Waals surface area contributed by atoms with Gasteiger partial charge in [0.15, 0.2) is 17.4 Å². The maximum absolute atomic E-state index is 12.1. The minimum Gasteiger partial charge on any atom is -0.394 e. The molecule has 1 aromatic carbocycles. The van der Waals surface area contributed by atoms with Gasteiger partial charge in [0, 0.05) is 5.69 Å². The van der Waals surface area contributed by atoms with Crippen LogP contribution < -0.4 is 10.9 Å². The Kier molecular flexibility index (Phi) is 4.40. The van der Waals surface area contributed by atoms with Gasteiger partial charge in [-0.15, -0.1) is 0 Å². The fourth-order valence-corrected chi connectivity index (χ4v) is 3.11. The molecule has 1 aliphatic rings. The summed E-state index contributed by atoms with van der Waals surface area (Å²) in [5, 5.41) is 32.9. The number of ether oxygens (including phenoxy) is 1. The number of aryl methyl sites for hydroxylation is 1. The first-order valence-corrected chi connectivity index (χ1v) is 8.41. The molecule has 2 aromatic heterocycles. The summed E-state index contributed by atoms with van der Waals surface area (Å²) in [6.45, 7) is 1.50. The van der Waals surface area contributed by atoms with Crippen LogP contribution in [-0.2, 0) is 4.74 Å². The van der Waals surface area contributed by atoms with Gasteiger partial charge < -0.3 is 30.4 Å². The van der Waals surface area contributed by atoms with Crippen molar-refractivity contribution in [3.05, 3.63) is 46.5 Å². The number of aromatic amines is 1. The van der Waals surface area contributed by atoms with Crippen LogP contribution in [0.25, 0.3) is 11.2 Å². The van der Waals surface area contributed by atoms with Crippen LogP contribution in [0.5, 0.6) is 0 Å². The first-order chi connectivity index (χ1) is 13.0. The summed E-state index contributed by atoms with van der Waals surface area (Å²) in [6, 6.07) is 7.50. The smallest absolute Gasteiger partial charge is 0.278 e. The molecule has 3 aromatic rings. The standard InChI is InChI=1S/C17H19N5O5/c1-8-2-4-9(5-3-8)20-17-21-11-14(18-7-19-15(11)26)22(17)16-13(25)12(24)10(6-23)27-16/h2-5,7,10,12-13,16,23-25H,6H2,1H3,(H,20,21)(H,18,19,26)/t10-,12-,13-,16-/m1/s1. The van der Waals surface area contributed by atoms with Gasteiger partial charge in [-0.3, -0.25) is 9.36 Å². The number of benzene rings is 1. The summed E-state index contributed by atoms with van der Waals surface area (Å²) in [6.07, 6.45) is -3.44. The maximum Gasteiger partial charge on any atom is 0.278 e. The van der Waals surface area contributed by atoms with Crippen molar-refractivity contribution in [3.8, 4) is 0 Å². The number of anilines is 2. The Morgan fingerprint density at radius 2 is 2.00 bits per heavy atom. The summed E-state index contributed by atoms with van der Waals surface area (Å²) in [5.74, 6) is 0.216. The average molecular weight is 373 g/mol. The van der Waals surface area contributed by atoms with Crippen molar-refractivity contribution in [2.45, 2.75) is 31.5 Å². The first-order valence-electron chi connectivity index (χ1n) is 8.41. The van der Waals surface area contributed by atoms with Crippen molar-refractivity contribution in [2.24, 2.45) is 0 Å². The van der Waals surface area contributed by atoms with Gasteiger partial charge in [0.2, 0.25) is 5.95 Å². The van der Waals surface area contributed by atoms with E-state index in [1.54, 1.807) is 0 Å². The molecule has 0 bridgehead atoms. The molecule has 1 aliphatic heterocycles. The van der Waals surface area contributed by atoms with Crippen molar-refractivity contribution in [3.63, 3.8) is 0 Å². The molecule has 4 atom stereocenters. The van der Waals surface area contributed by atoms with E-state index in [2.05, 4.69) is 20.3 Å². The Bertz CT molecular complexity index is 1010. The third kappa shape index (κ3) is 2.98. The van der Waals surface area contributed by atoms with E-state index in [-0.39, 0.29) is 17.1 Å². The van der Waals surface area contributed by atoms with Gasteiger partial charge in [-0.1, -0.05) is 17.7 Å². The van der Waals surface area contributed by atoms with Crippen molar-refractivity contribution in [1.82, 2.24) is 19.5 Å². The number of aliphatic hydroxyl groups is 3. The molecule has 5 N–H and O–H groups in total. The number of rotatable bonds is 4. The predicted molar refractivity (Wildman–Crippen MR) is 95.6 cm³/mol. The summed E-state index contributed by atoms with van der Waals surface area (Å²) in [7, 11) is 0. The van der Waals surface area contributed by atoms with E-state index in [1.807, 2.05) is 31.2 Å². The number of nitrogens with one attached hydrogen (secondary N) is 2. The number of imidazole rings is 1. The Morgan fingerprint density at radius 3 is 2.67 bits per heavy atom. The molecule has 0 spiro atoms. The van der Waals surface area contributed by atoms with E-state index in [9.17, 15) is 20.1 Å². The van der Waals surface area contributed by atoms with Crippen LogP contribution in [0.3, 0.4) is 0 Å². The Balaban J connectivity index is 1.83. The molecule has 142 valence electrons. The van der Waals surface area contributed by atoms with E-state index >= 15 is 0 Å². The lowest BCUT2D eigenvalue weighted by Gasteiger charge is -2.19. The zero-order valence-electron chi connectivity index (χ0n) is 14.4. The highest BCUT2D eigenvalue weighted by Crippen LogP contribution is 2.34. The molecule has 27 heavy (non-hydrogen) atoms. The van der Waals surface area contributed by atoms with Crippen LogP contribution >= 0.6 is 0 Å². The Labute approximate surface area is 153 Å². The maximum atomic E-state index is 12.1. The van der Waals surface area contributed by atoms with Crippen LogP contribution in [0.1, 0.15) is 11.8 Å². The number of fused-ring (bicyclic) bond motifs is 1. The molecule has 1 saturated heterocycles. The van der Waals surface area contributed by atoms with Gasteiger partial charge in [0.05, 0.1) is 12.9 Å². The Hall–Kier alpha value is -2.79. The molecule has 3 heterocycles. The van der Waals surface area contributed by atoms with E-state index < -0.39 is 36.7 Å². The van der Waals surface area contributed by atoms with Gasteiger partial charge in [-0.2, -0.15) is 0 Å². The van der Waals surface area contributed by atoms with E-state index in [4.69, 9.17) is 4.74 Å². The van der Waals surface area contributed by atoms with E-state index in [0.29, 0.717) is 5.69 Å². The molecule has 0 aliphatic carbocycles. The highest BCUT2D eigenvalue weighted by atomic mass is 16.6. The van der Waals surface area contributed by atoms with Crippen LogP contribution in [0.2, 0.25) is 0 Å². The SMILES string of the molecule is Cc1ccc(Nc2nc3c(=O)[nH]cnc3n2[C@@H]2O[C@H](CO)[C@@H](O)[C@H]2O)cc1. The number of aromatic nitrogens is 4. The molecule has 1 fully saturated rings. The van der Waals surface area contributed by atoms with Gasteiger partial charge in [0.25, 0.3) is 5.56 Å². The molecule has 0 radical (unpaired) electrons. The zero-order valence-corrected chi connectivity index (χ0v) is 14.4. The summed E-state index contributed by atoms with van der Waals surface area (Å²) in [4.78, 5) is 23.0. The molecule has 10 nitrogen and oxygen atoms in total. The first kappa shape index (κ1) is 17.6. The van der Waals surface area contributed by atoms with Gasteiger partial charge in [-0.05, 0) is 19.1 Å². The minimum atomic E-state index is -1.33. The highest BCUT2D eigenvalue weighted by Gasteiger charge is 2.45. The lowest BCUT2D eigenvalue weighted by atomic mass is 10.1. The zero-order chi connectivity index (χ0) is 19.1. The summed E-state index contributed by atoms with van der Waals surface area (Å²) >= 11 is 0. The number of H-pyrrole nitrogens is 1. The van der Waals surface area contributed by atoms with Crippen molar-refractivity contribution >= 4 is 22.8 Å². The lowest BCUT2D eigenvalue weighted by molar-refractivity contribution is -0.0501. The fraction of sp³-hybridized carbons (Fsp3) is 0.353. The van der Waals surface area contributed by atoms with E-state index in [0.717, 1.165) is 5.56 Å². The monoisotopic (exact) mass is 373 g/mol. The summed E-state index contributed by atoms with van der Waals surface area (Å²) < 4.78 is 7.02. The number of nitrogens with zero attached hydrogens (tertiary/aromatic N) is 3. The number of hydrogen-bond acceptors (Lipinski definition) is 8. The average Bonchev–Trinajstić information content (AvgIpc) is 3.16. The second kappa shape index (κ2) is 6.74.